The molecule has 0 aliphatic carbocycles. The van der Waals surface area contributed by atoms with Gasteiger partial charge in [0.05, 0.1) is 23.8 Å². The Labute approximate surface area is 182 Å². The molecule has 5 rings (SSSR count). The van der Waals surface area contributed by atoms with Crippen molar-refractivity contribution in [1.29, 1.82) is 0 Å². The summed E-state index contributed by atoms with van der Waals surface area (Å²) in [6.45, 7) is 9.05. The highest BCUT2D eigenvalue weighted by Crippen LogP contribution is 2.36. The quantitative estimate of drug-likeness (QED) is 0.671. The minimum Gasteiger partial charge on any atom is -0.368 e. The molecule has 0 bridgehead atoms. The third-order valence-electron chi connectivity index (χ3n) is 6.71. The van der Waals surface area contributed by atoms with Crippen molar-refractivity contribution in [3.8, 4) is 0 Å². The monoisotopic (exact) mass is 422 g/mol. The molecular formula is C22H30N8O. The maximum atomic E-state index is 12.5. The summed E-state index contributed by atoms with van der Waals surface area (Å²) in [5, 5.41) is 9.65. The van der Waals surface area contributed by atoms with Gasteiger partial charge in [-0.3, -0.25) is 4.79 Å². The van der Waals surface area contributed by atoms with Crippen molar-refractivity contribution in [2.24, 2.45) is 21.8 Å². The van der Waals surface area contributed by atoms with Crippen molar-refractivity contribution in [2.45, 2.75) is 32.5 Å². The van der Waals surface area contributed by atoms with Gasteiger partial charge in [-0.15, -0.1) is 0 Å². The van der Waals surface area contributed by atoms with Crippen LogP contribution in [-0.4, -0.2) is 72.9 Å². The molecule has 4 aliphatic rings. The Balaban J connectivity index is 1.32. The summed E-state index contributed by atoms with van der Waals surface area (Å²) in [4.78, 5) is 30.9. The van der Waals surface area contributed by atoms with E-state index in [0.29, 0.717) is 24.2 Å². The molecule has 4 atom stereocenters. The van der Waals surface area contributed by atoms with Crippen molar-refractivity contribution < 1.29 is 4.79 Å². The number of aliphatic imine (C=N–C) groups is 2. The number of carbonyl (C=O) groups excluding carboxylic acids is 1. The van der Waals surface area contributed by atoms with Gasteiger partial charge < -0.3 is 25.8 Å². The summed E-state index contributed by atoms with van der Waals surface area (Å²) in [6.07, 6.45) is 6.70. The lowest BCUT2D eigenvalue weighted by molar-refractivity contribution is -0.122. The van der Waals surface area contributed by atoms with Crippen LogP contribution < -0.4 is 20.9 Å². The van der Waals surface area contributed by atoms with E-state index in [0.717, 1.165) is 44.0 Å². The summed E-state index contributed by atoms with van der Waals surface area (Å²) < 4.78 is 0. The number of guanidine groups is 1. The smallest absolute Gasteiger partial charge is 0.267 e. The zero-order valence-electron chi connectivity index (χ0n) is 18.1. The van der Waals surface area contributed by atoms with Gasteiger partial charge in [0.25, 0.3) is 5.91 Å². The zero-order valence-corrected chi connectivity index (χ0v) is 18.1. The molecule has 1 amide bonds. The second-order valence-corrected chi connectivity index (χ2v) is 8.61. The molecule has 2 saturated heterocycles. The van der Waals surface area contributed by atoms with Gasteiger partial charge in [-0.1, -0.05) is 20.3 Å². The van der Waals surface area contributed by atoms with Crippen LogP contribution in [0.1, 0.15) is 20.3 Å². The van der Waals surface area contributed by atoms with E-state index in [9.17, 15) is 4.79 Å². The molecule has 1 aromatic heterocycles. The van der Waals surface area contributed by atoms with Gasteiger partial charge in [-0.2, -0.15) is 0 Å². The number of hydrogen-bond acceptors (Lipinski definition) is 8. The normalized spacial score (nSPS) is 28.3. The molecule has 31 heavy (non-hydrogen) atoms. The minimum absolute atomic E-state index is 0.0130. The molecule has 2 fully saturated rings. The molecule has 0 aromatic carbocycles. The second kappa shape index (κ2) is 8.30. The Bertz CT molecular complexity index is 918. The predicted octanol–water partition coefficient (Wildman–Crippen LogP) is 1.03. The van der Waals surface area contributed by atoms with E-state index in [1.165, 1.54) is 0 Å². The first-order valence-electron chi connectivity index (χ1n) is 11.2. The maximum absolute atomic E-state index is 12.5. The van der Waals surface area contributed by atoms with Crippen LogP contribution in [0.5, 0.6) is 0 Å². The molecule has 1 aromatic rings. The Morgan fingerprint density at radius 3 is 2.87 bits per heavy atom. The van der Waals surface area contributed by atoms with Crippen LogP contribution in [0.3, 0.4) is 0 Å². The van der Waals surface area contributed by atoms with Gasteiger partial charge in [0.2, 0.25) is 5.96 Å². The Morgan fingerprint density at radius 1 is 1.29 bits per heavy atom. The van der Waals surface area contributed by atoms with Crippen LogP contribution in [0.25, 0.3) is 0 Å². The average molecular weight is 423 g/mol. The summed E-state index contributed by atoms with van der Waals surface area (Å²) in [5.74, 6) is 1.70. The number of nitrogens with one attached hydrogen (secondary N) is 3. The molecule has 0 saturated carbocycles. The topological polar surface area (TPSA) is 97.2 Å². The maximum Gasteiger partial charge on any atom is 0.267 e. The number of pyridine rings is 1. The highest BCUT2D eigenvalue weighted by Gasteiger charge is 2.45. The zero-order chi connectivity index (χ0) is 21.4. The molecular weight excluding hydrogens is 392 g/mol. The number of piperazine rings is 2. The summed E-state index contributed by atoms with van der Waals surface area (Å²) in [6, 6.07) is 4.28. The third kappa shape index (κ3) is 3.78. The molecule has 3 unspecified atom stereocenters. The fourth-order valence-corrected chi connectivity index (χ4v) is 4.72. The SMILES string of the molecule is CCC(C)[C@H]1CNC(=O)C2=CC3C=NC(Nc4ccc(N5CCNCC5)cn4)=NC3N21. The first-order chi connectivity index (χ1) is 15.1. The standard InChI is InChI=1S/C22H30N8O/c1-3-14(2)18-13-25-21(31)17-10-15-11-26-22(28-20(15)30(17)18)27-19-5-4-16(12-24-19)29-8-6-23-7-9-29/h4-5,10-12,14-15,18,20,23H,3,6-9,13H2,1-2H3,(H,25,31)(H,24,27,28)/t14?,15?,18-,20?/m1/s1. The number of hydrogen-bond donors (Lipinski definition) is 3. The van der Waals surface area contributed by atoms with E-state index < -0.39 is 0 Å². The van der Waals surface area contributed by atoms with Crippen LogP contribution in [-0.2, 0) is 4.79 Å². The highest BCUT2D eigenvalue weighted by molar-refractivity contribution is 6.01. The summed E-state index contributed by atoms with van der Waals surface area (Å²) in [5.41, 5.74) is 1.85. The molecule has 5 heterocycles. The van der Waals surface area contributed by atoms with Crippen molar-refractivity contribution in [2.75, 3.05) is 42.9 Å². The number of rotatable bonds is 4. The first kappa shape index (κ1) is 20.0. The lowest BCUT2D eigenvalue weighted by atomic mass is 9.95. The fraction of sp³-hybridized carbons (Fsp3) is 0.545. The van der Waals surface area contributed by atoms with Gasteiger partial charge in [-0.25, -0.2) is 15.0 Å². The molecule has 9 nitrogen and oxygen atoms in total. The van der Waals surface area contributed by atoms with Gasteiger partial charge in [0.15, 0.2) is 0 Å². The van der Waals surface area contributed by atoms with Crippen LogP contribution in [0.2, 0.25) is 0 Å². The lowest BCUT2D eigenvalue weighted by Gasteiger charge is -2.42. The molecule has 0 radical (unpaired) electrons. The lowest BCUT2D eigenvalue weighted by Crippen LogP contribution is -2.57. The van der Waals surface area contributed by atoms with Crippen LogP contribution >= 0.6 is 0 Å². The van der Waals surface area contributed by atoms with Crippen molar-refractivity contribution >= 4 is 29.6 Å². The number of amides is 1. The highest BCUT2D eigenvalue weighted by atomic mass is 16.2. The summed E-state index contributed by atoms with van der Waals surface area (Å²) >= 11 is 0. The van der Waals surface area contributed by atoms with Gasteiger partial charge in [0, 0.05) is 38.9 Å². The average Bonchev–Trinajstić information content (AvgIpc) is 3.20. The van der Waals surface area contributed by atoms with E-state index in [4.69, 9.17) is 4.99 Å². The van der Waals surface area contributed by atoms with E-state index in [2.05, 4.69) is 55.6 Å². The van der Waals surface area contributed by atoms with E-state index in [1.54, 1.807) is 0 Å². The molecule has 164 valence electrons. The molecule has 3 N–H and O–H groups in total. The third-order valence-corrected chi connectivity index (χ3v) is 6.71. The Hall–Kier alpha value is -2.94. The molecule has 9 heteroatoms. The van der Waals surface area contributed by atoms with E-state index in [1.807, 2.05) is 24.6 Å². The molecule has 0 spiro atoms. The van der Waals surface area contributed by atoms with E-state index in [-0.39, 0.29) is 24.0 Å². The Morgan fingerprint density at radius 2 is 2.13 bits per heavy atom. The van der Waals surface area contributed by atoms with Crippen LogP contribution in [0.15, 0.2) is 40.1 Å². The van der Waals surface area contributed by atoms with Crippen molar-refractivity contribution in [3.63, 3.8) is 0 Å². The minimum atomic E-state index is -0.139. The predicted molar refractivity (Wildman–Crippen MR) is 122 cm³/mol. The number of fused-ring (bicyclic) bond motifs is 3. The van der Waals surface area contributed by atoms with Gasteiger partial charge >= 0.3 is 0 Å². The first-order valence-corrected chi connectivity index (χ1v) is 11.2. The summed E-state index contributed by atoms with van der Waals surface area (Å²) in [7, 11) is 0. The van der Waals surface area contributed by atoms with E-state index >= 15 is 0 Å². The Kier molecular flexibility index (Phi) is 5.35. The van der Waals surface area contributed by atoms with Gasteiger partial charge in [-0.05, 0) is 24.1 Å². The fourth-order valence-electron chi connectivity index (χ4n) is 4.72. The number of carbonyl (C=O) groups is 1. The number of anilines is 2. The van der Waals surface area contributed by atoms with Crippen molar-refractivity contribution in [3.05, 3.63) is 30.1 Å². The number of aromatic nitrogens is 1. The van der Waals surface area contributed by atoms with Crippen LogP contribution in [0, 0.1) is 11.8 Å². The van der Waals surface area contributed by atoms with Gasteiger partial charge in [0.1, 0.15) is 17.7 Å². The second-order valence-electron chi connectivity index (χ2n) is 8.61. The largest absolute Gasteiger partial charge is 0.368 e. The number of nitrogens with zero attached hydrogens (tertiary/aromatic N) is 5. The van der Waals surface area contributed by atoms with Crippen LogP contribution in [0.4, 0.5) is 11.5 Å². The molecule has 4 aliphatic heterocycles. The van der Waals surface area contributed by atoms with Crippen molar-refractivity contribution in [1.82, 2.24) is 20.5 Å².